The van der Waals surface area contributed by atoms with Gasteiger partial charge in [0.1, 0.15) is 5.75 Å². The summed E-state index contributed by atoms with van der Waals surface area (Å²) in [6.07, 6.45) is 4.28. The van der Waals surface area contributed by atoms with E-state index in [2.05, 4.69) is 52.8 Å². The Hall–Kier alpha value is -1.10. The summed E-state index contributed by atoms with van der Waals surface area (Å²) in [4.78, 5) is 8.22. The summed E-state index contributed by atoms with van der Waals surface area (Å²) < 4.78 is 5.29. The molecule has 2 saturated heterocycles. The molecule has 4 rings (SSSR count). The van der Waals surface area contributed by atoms with Gasteiger partial charge in [0.05, 0.1) is 7.11 Å². The van der Waals surface area contributed by atoms with Gasteiger partial charge < -0.3 is 4.74 Å². The molecule has 0 radical (unpaired) electrons. The molecule has 1 aliphatic carbocycles. The molecule has 0 amide bonds. The van der Waals surface area contributed by atoms with Crippen LogP contribution in [0.15, 0.2) is 24.3 Å². The van der Waals surface area contributed by atoms with Gasteiger partial charge in [-0.05, 0) is 44.4 Å². The summed E-state index contributed by atoms with van der Waals surface area (Å²) in [5.74, 6) is 0.942. The molecule has 1 saturated carbocycles. The predicted molar refractivity (Wildman–Crippen MR) is 102 cm³/mol. The maximum absolute atomic E-state index is 5.29. The van der Waals surface area contributed by atoms with Crippen LogP contribution in [-0.4, -0.2) is 72.2 Å². The number of nitrogens with zero attached hydrogens (tertiary/aromatic N) is 3. The van der Waals surface area contributed by atoms with Crippen molar-refractivity contribution >= 4 is 0 Å². The molecule has 2 aliphatic heterocycles. The molecule has 0 spiro atoms. The highest BCUT2D eigenvalue weighted by atomic mass is 16.5. The number of rotatable bonds is 4. The number of hydrogen-bond donors (Lipinski definition) is 0. The average Bonchev–Trinajstić information content (AvgIpc) is 2.53. The van der Waals surface area contributed by atoms with Gasteiger partial charge in [-0.3, -0.25) is 14.7 Å². The molecule has 25 heavy (non-hydrogen) atoms. The number of hydrogen-bond acceptors (Lipinski definition) is 4. The lowest BCUT2D eigenvalue weighted by molar-refractivity contribution is -0.0807. The van der Waals surface area contributed by atoms with Crippen LogP contribution in [0.5, 0.6) is 5.75 Å². The smallest absolute Gasteiger partial charge is 0.118 e. The zero-order chi connectivity index (χ0) is 17.4. The third-order valence-corrected chi connectivity index (χ3v) is 6.53. The molecule has 0 unspecified atom stereocenters. The van der Waals surface area contributed by atoms with Gasteiger partial charge in [0, 0.05) is 56.9 Å². The zero-order valence-electron chi connectivity index (χ0n) is 16.1. The molecule has 3 aliphatic rings. The fourth-order valence-electron chi connectivity index (χ4n) is 5.03. The van der Waals surface area contributed by atoms with Crippen molar-refractivity contribution < 1.29 is 4.74 Å². The van der Waals surface area contributed by atoms with E-state index in [0.717, 1.165) is 24.9 Å². The second-order valence-corrected chi connectivity index (χ2v) is 8.76. The number of methoxy groups -OCH3 is 1. The van der Waals surface area contributed by atoms with Crippen molar-refractivity contribution in [1.29, 1.82) is 0 Å². The largest absolute Gasteiger partial charge is 0.497 e. The molecular formula is C21H33N3O. The second kappa shape index (κ2) is 6.90. The van der Waals surface area contributed by atoms with E-state index in [1.54, 1.807) is 7.11 Å². The van der Waals surface area contributed by atoms with Crippen LogP contribution in [0.2, 0.25) is 0 Å². The number of piperazine rings is 2. The Balaban J connectivity index is 1.43. The molecular weight excluding hydrogens is 310 g/mol. The van der Waals surface area contributed by atoms with Gasteiger partial charge in [0.2, 0.25) is 0 Å². The van der Waals surface area contributed by atoms with Crippen LogP contribution in [-0.2, 0) is 6.54 Å². The van der Waals surface area contributed by atoms with Crippen molar-refractivity contribution in [3.8, 4) is 5.75 Å². The van der Waals surface area contributed by atoms with E-state index < -0.39 is 0 Å². The SMILES string of the molecule is COc1ccc(CN2C[C@@H]3CN(C4CCC4)CCN3C(C)(C)C2)cc1. The van der Waals surface area contributed by atoms with Crippen molar-refractivity contribution in [3.63, 3.8) is 0 Å². The van der Waals surface area contributed by atoms with Gasteiger partial charge in [0.25, 0.3) is 0 Å². The third-order valence-electron chi connectivity index (χ3n) is 6.53. The molecule has 3 fully saturated rings. The van der Waals surface area contributed by atoms with E-state index in [1.165, 1.54) is 51.0 Å². The van der Waals surface area contributed by atoms with E-state index in [4.69, 9.17) is 4.74 Å². The highest BCUT2D eigenvalue weighted by Gasteiger charge is 2.43. The maximum Gasteiger partial charge on any atom is 0.118 e. The summed E-state index contributed by atoms with van der Waals surface area (Å²) in [6, 6.07) is 10.1. The fraction of sp³-hybridized carbons (Fsp3) is 0.714. The van der Waals surface area contributed by atoms with Gasteiger partial charge in [-0.25, -0.2) is 0 Å². The molecule has 2 heterocycles. The van der Waals surface area contributed by atoms with Crippen LogP contribution in [0, 0.1) is 0 Å². The Morgan fingerprint density at radius 3 is 2.44 bits per heavy atom. The van der Waals surface area contributed by atoms with Crippen LogP contribution < -0.4 is 4.74 Å². The van der Waals surface area contributed by atoms with Crippen LogP contribution >= 0.6 is 0 Å². The zero-order valence-corrected chi connectivity index (χ0v) is 16.1. The van der Waals surface area contributed by atoms with E-state index in [9.17, 15) is 0 Å². The van der Waals surface area contributed by atoms with Crippen molar-refractivity contribution in [2.24, 2.45) is 0 Å². The molecule has 1 atom stereocenters. The molecule has 0 bridgehead atoms. The summed E-state index contributed by atoms with van der Waals surface area (Å²) in [6.45, 7) is 12.0. The predicted octanol–water partition coefficient (Wildman–Crippen LogP) is 2.83. The van der Waals surface area contributed by atoms with Crippen molar-refractivity contribution in [2.75, 3.05) is 39.8 Å². The Morgan fingerprint density at radius 1 is 1.04 bits per heavy atom. The van der Waals surface area contributed by atoms with Gasteiger partial charge in [-0.2, -0.15) is 0 Å². The lowest BCUT2D eigenvalue weighted by atomic mass is 9.88. The standard InChI is InChI=1S/C21H33N3O/c1-21(2)16-22(13-17-7-9-20(25-3)10-8-17)14-19-15-23(11-12-24(19)21)18-5-4-6-18/h7-10,18-19H,4-6,11-16H2,1-3H3/t19-/m1/s1. The maximum atomic E-state index is 5.29. The van der Waals surface area contributed by atoms with E-state index in [-0.39, 0.29) is 5.54 Å². The van der Waals surface area contributed by atoms with E-state index in [0.29, 0.717) is 6.04 Å². The van der Waals surface area contributed by atoms with Crippen molar-refractivity contribution in [3.05, 3.63) is 29.8 Å². The first-order chi connectivity index (χ1) is 12.0. The van der Waals surface area contributed by atoms with Crippen molar-refractivity contribution in [2.45, 2.75) is 57.3 Å². The molecule has 4 heteroatoms. The Bertz CT molecular complexity index is 581. The molecule has 1 aromatic rings. The molecule has 0 N–H and O–H groups in total. The minimum atomic E-state index is 0.265. The second-order valence-electron chi connectivity index (χ2n) is 8.76. The minimum absolute atomic E-state index is 0.265. The monoisotopic (exact) mass is 343 g/mol. The molecule has 138 valence electrons. The topological polar surface area (TPSA) is 19.0 Å². The highest BCUT2D eigenvalue weighted by molar-refractivity contribution is 5.27. The van der Waals surface area contributed by atoms with Gasteiger partial charge in [-0.15, -0.1) is 0 Å². The summed E-state index contributed by atoms with van der Waals surface area (Å²) in [5.41, 5.74) is 1.65. The van der Waals surface area contributed by atoms with Gasteiger partial charge >= 0.3 is 0 Å². The van der Waals surface area contributed by atoms with Gasteiger partial charge in [-0.1, -0.05) is 18.6 Å². The molecule has 1 aromatic carbocycles. The quantitative estimate of drug-likeness (QED) is 0.837. The highest BCUT2D eigenvalue weighted by Crippen LogP contribution is 2.32. The summed E-state index contributed by atoms with van der Waals surface area (Å²) in [5, 5.41) is 0. The Kier molecular flexibility index (Phi) is 4.78. The lowest BCUT2D eigenvalue weighted by Gasteiger charge is -2.57. The third kappa shape index (κ3) is 3.57. The first-order valence-electron chi connectivity index (χ1n) is 9.91. The normalized spacial score (nSPS) is 28.4. The molecule has 0 aromatic heterocycles. The number of ether oxygens (including phenoxy) is 1. The lowest BCUT2D eigenvalue weighted by Crippen LogP contribution is -2.70. The summed E-state index contributed by atoms with van der Waals surface area (Å²) >= 11 is 0. The Labute approximate surface area is 152 Å². The van der Waals surface area contributed by atoms with E-state index in [1.807, 2.05) is 0 Å². The first-order valence-corrected chi connectivity index (χ1v) is 9.91. The fourth-order valence-corrected chi connectivity index (χ4v) is 5.03. The van der Waals surface area contributed by atoms with E-state index >= 15 is 0 Å². The number of benzene rings is 1. The van der Waals surface area contributed by atoms with Crippen molar-refractivity contribution in [1.82, 2.24) is 14.7 Å². The van der Waals surface area contributed by atoms with Crippen LogP contribution in [0.3, 0.4) is 0 Å². The molecule has 4 nitrogen and oxygen atoms in total. The van der Waals surface area contributed by atoms with Crippen LogP contribution in [0.4, 0.5) is 0 Å². The van der Waals surface area contributed by atoms with Crippen LogP contribution in [0.25, 0.3) is 0 Å². The number of fused-ring (bicyclic) bond motifs is 1. The summed E-state index contributed by atoms with van der Waals surface area (Å²) in [7, 11) is 1.73. The van der Waals surface area contributed by atoms with Crippen LogP contribution in [0.1, 0.15) is 38.7 Å². The minimum Gasteiger partial charge on any atom is -0.497 e. The first kappa shape index (κ1) is 17.3. The average molecular weight is 344 g/mol. The van der Waals surface area contributed by atoms with Gasteiger partial charge in [0.15, 0.2) is 0 Å². The Morgan fingerprint density at radius 2 is 1.80 bits per heavy atom.